The van der Waals surface area contributed by atoms with Gasteiger partial charge in [0.1, 0.15) is 0 Å². The van der Waals surface area contributed by atoms with Gasteiger partial charge in [-0.15, -0.1) is 10.2 Å². The number of benzene rings is 3. The molecule has 4 aromatic rings. The van der Waals surface area contributed by atoms with E-state index in [2.05, 4.69) is 15.5 Å². The minimum absolute atomic E-state index is 0.123. The van der Waals surface area contributed by atoms with E-state index in [-0.39, 0.29) is 11.7 Å². The Morgan fingerprint density at radius 2 is 1.74 bits per heavy atom. The van der Waals surface area contributed by atoms with Gasteiger partial charge in [0.05, 0.1) is 10.8 Å². The molecule has 1 N–H and O–H groups in total. The van der Waals surface area contributed by atoms with Crippen molar-refractivity contribution in [1.82, 2.24) is 14.8 Å². The number of anilines is 1. The van der Waals surface area contributed by atoms with Crippen LogP contribution in [0.5, 0.6) is 0 Å². The Kier molecular flexibility index (Phi) is 6.61. The molecule has 0 fully saturated rings. The summed E-state index contributed by atoms with van der Waals surface area (Å²) in [6, 6.07) is 22.6. The molecule has 0 saturated heterocycles. The fourth-order valence-electron chi connectivity index (χ4n) is 2.98. The molecule has 8 heteroatoms. The number of aromatic nitrogens is 3. The van der Waals surface area contributed by atoms with E-state index in [4.69, 9.17) is 23.2 Å². The number of carbonyl (C=O) groups is 1. The molecule has 1 aromatic heterocycles. The second kappa shape index (κ2) is 9.56. The van der Waals surface area contributed by atoms with Crippen molar-refractivity contribution < 1.29 is 4.79 Å². The van der Waals surface area contributed by atoms with Crippen LogP contribution < -0.4 is 5.32 Å². The van der Waals surface area contributed by atoms with Gasteiger partial charge in [-0.3, -0.25) is 9.36 Å². The molecule has 0 atom stereocenters. The number of hydrogen-bond donors (Lipinski definition) is 1. The lowest BCUT2D eigenvalue weighted by Crippen LogP contribution is -2.14. The average molecular weight is 469 g/mol. The Morgan fingerprint density at radius 3 is 2.45 bits per heavy atom. The molecule has 0 bridgehead atoms. The fraction of sp³-hybridized carbons (Fsp3) is 0.0870. The van der Waals surface area contributed by atoms with E-state index in [0.717, 1.165) is 16.9 Å². The van der Waals surface area contributed by atoms with Crippen molar-refractivity contribution in [3.05, 3.63) is 88.4 Å². The van der Waals surface area contributed by atoms with Crippen molar-refractivity contribution in [2.75, 3.05) is 11.1 Å². The predicted molar refractivity (Wildman–Crippen MR) is 127 cm³/mol. The lowest BCUT2D eigenvalue weighted by Gasteiger charge is -2.11. The van der Waals surface area contributed by atoms with Gasteiger partial charge in [-0.1, -0.05) is 70.9 Å². The third-order valence-electron chi connectivity index (χ3n) is 4.49. The highest BCUT2D eigenvalue weighted by atomic mass is 35.5. The van der Waals surface area contributed by atoms with E-state index >= 15 is 0 Å². The van der Waals surface area contributed by atoms with Gasteiger partial charge in [-0.25, -0.2) is 0 Å². The Hall–Kier alpha value is -2.80. The third kappa shape index (κ3) is 5.10. The standard InChI is InChI=1S/C23H18Cl2N4OS/c1-15-7-10-17(11-8-15)26-21(30)14-31-23-28-27-22(19-12-9-16(24)13-20(19)25)29(23)18-5-3-2-4-6-18/h2-13H,14H2,1H3,(H,26,30). The van der Waals surface area contributed by atoms with Crippen LogP contribution in [0.1, 0.15) is 5.56 Å². The number of rotatable bonds is 6. The monoisotopic (exact) mass is 468 g/mol. The van der Waals surface area contributed by atoms with Crippen LogP contribution in [0, 0.1) is 6.92 Å². The highest BCUT2D eigenvalue weighted by Crippen LogP contribution is 2.33. The molecular formula is C23H18Cl2N4OS. The molecule has 0 saturated carbocycles. The summed E-state index contributed by atoms with van der Waals surface area (Å²) in [5.41, 5.74) is 3.47. The average Bonchev–Trinajstić information content (AvgIpc) is 3.18. The van der Waals surface area contributed by atoms with Gasteiger partial charge in [0.15, 0.2) is 11.0 Å². The highest BCUT2D eigenvalue weighted by Gasteiger charge is 2.19. The molecule has 0 radical (unpaired) electrons. The van der Waals surface area contributed by atoms with Crippen LogP contribution in [0.4, 0.5) is 5.69 Å². The summed E-state index contributed by atoms with van der Waals surface area (Å²) in [4.78, 5) is 12.5. The van der Waals surface area contributed by atoms with Crippen molar-refractivity contribution in [3.8, 4) is 17.1 Å². The third-order valence-corrected chi connectivity index (χ3v) is 5.96. The summed E-state index contributed by atoms with van der Waals surface area (Å²) >= 11 is 13.8. The Labute approximate surface area is 194 Å². The Balaban J connectivity index is 1.61. The number of thioether (sulfide) groups is 1. The summed E-state index contributed by atoms with van der Waals surface area (Å²) in [5.74, 6) is 0.643. The summed E-state index contributed by atoms with van der Waals surface area (Å²) in [6.45, 7) is 2.00. The van der Waals surface area contributed by atoms with Crippen LogP contribution >= 0.6 is 35.0 Å². The molecule has 0 aliphatic heterocycles. The van der Waals surface area contributed by atoms with E-state index in [9.17, 15) is 4.79 Å². The summed E-state index contributed by atoms with van der Waals surface area (Å²) in [7, 11) is 0. The second-order valence-electron chi connectivity index (χ2n) is 6.80. The van der Waals surface area contributed by atoms with Gasteiger partial charge in [0.25, 0.3) is 0 Å². The van der Waals surface area contributed by atoms with E-state index in [0.29, 0.717) is 26.6 Å². The summed E-state index contributed by atoms with van der Waals surface area (Å²) < 4.78 is 1.89. The van der Waals surface area contributed by atoms with E-state index in [1.165, 1.54) is 11.8 Å². The maximum Gasteiger partial charge on any atom is 0.234 e. The molecule has 5 nitrogen and oxygen atoms in total. The number of hydrogen-bond acceptors (Lipinski definition) is 4. The van der Waals surface area contributed by atoms with Crippen molar-refractivity contribution in [1.29, 1.82) is 0 Å². The zero-order valence-electron chi connectivity index (χ0n) is 16.5. The molecule has 31 heavy (non-hydrogen) atoms. The minimum Gasteiger partial charge on any atom is -0.325 e. The first-order valence-electron chi connectivity index (χ1n) is 9.47. The molecule has 4 rings (SSSR count). The van der Waals surface area contributed by atoms with Gasteiger partial charge < -0.3 is 5.32 Å². The van der Waals surface area contributed by atoms with Gasteiger partial charge in [0.2, 0.25) is 5.91 Å². The molecule has 0 spiro atoms. The lowest BCUT2D eigenvalue weighted by atomic mass is 10.2. The van der Waals surface area contributed by atoms with E-state index in [1.807, 2.05) is 72.2 Å². The van der Waals surface area contributed by atoms with E-state index < -0.39 is 0 Å². The highest BCUT2D eigenvalue weighted by molar-refractivity contribution is 7.99. The number of para-hydroxylation sites is 1. The van der Waals surface area contributed by atoms with Crippen LogP contribution in [-0.2, 0) is 4.79 Å². The SMILES string of the molecule is Cc1ccc(NC(=O)CSc2nnc(-c3ccc(Cl)cc3Cl)n2-c2ccccc2)cc1. The number of nitrogens with zero attached hydrogens (tertiary/aromatic N) is 3. The van der Waals surface area contributed by atoms with E-state index in [1.54, 1.807) is 12.1 Å². The summed E-state index contributed by atoms with van der Waals surface area (Å²) in [6.07, 6.45) is 0. The second-order valence-corrected chi connectivity index (χ2v) is 8.59. The normalized spacial score (nSPS) is 10.8. The zero-order valence-corrected chi connectivity index (χ0v) is 18.9. The topological polar surface area (TPSA) is 59.8 Å². The molecule has 1 amide bonds. The molecule has 156 valence electrons. The molecule has 3 aromatic carbocycles. The number of nitrogens with one attached hydrogen (secondary N) is 1. The van der Waals surface area contributed by atoms with Gasteiger partial charge in [0, 0.05) is 22.0 Å². The maximum absolute atomic E-state index is 12.5. The Morgan fingerprint density at radius 1 is 1.00 bits per heavy atom. The van der Waals surface area contributed by atoms with Crippen molar-refractivity contribution >= 4 is 46.6 Å². The first-order chi connectivity index (χ1) is 15.0. The first kappa shape index (κ1) is 21.4. The van der Waals surface area contributed by atoms with Crippen molar-refractivity contribution in [2.24, 2.45) is 0 Å². The molecule has 1 heterocycles. The molecular weight excluding hydrogens is 451 g/mol. The maximum atomic E-state index is 12.5. The van der Waals surface area contributed by atoms with Crippen LogP contribution in [-0.4, -0.2) is 26.4 Å². The van der Waals surface area contributed by atoms with Crippen molar-refractivity contribution in [3.63, 3.8) is 0 Å². The van der Waals surface area contributed by atoms with Crippen LogP contribution in [0.15, 0.2) is 78.0 Å². The zero-order chi connectivity index (χ0) is 21.8. The number of halogens is 2. The molecule has 0 unspecified atom stereocenters. The molecule has 0 aliphatic rings. The van der Waals surface area contributed by atoms with Gasteiger partial charge in [-0.2, -0.15) is 0 Å². The van der Waals surface area contributed by atoms with Gasteiger partial charge in [-0.05, 0) is 49.4 Å². The van der Waals surface area contributed by atoms with Crippen molar-refractivity contribution in [2.45, 2.75) is 12.1 Å². The lowest BCUT2D eigenvalue weighted by molar-refractivity contribution is -0.113. The smallest absolute Gasteiger partial charge is 0.234 e. The predicted octanol–water partition coefficient (Wildman–Crippen LogP) is 6.28. The van der Waals surface area contributed by atoms with Crippen LogP contribution in [0.25, 0.3) is 17.1 Å². The van der Waals surface area contributed by atoms with Crippen LogP contribution in [0.3, 0.4) is 0 Å². The number of aryl methyl sites for hydroxylation is 1. The Bertz CT molecular complexity index is 1210. The fourth-order valence-corrected chi connectivity index (χ4v) is 4.23. The minimum atomic E-state index is -0.123. The van der Waals surface area contributed by atoms with Gasteiger partial charge >= 0.3 is 0 Å². The first-order valence-corrected chi connectivity index (χ1v) is 11.2. The van der Waals surface area contributed by atoms with Crippen LogP contribution in [0.2, 0.25) is 10.0 Å². The number of amides is 1. The quantitative estimate of drug-likeness (QED) is 0.338. The number of carbonyl (C=O) groups excluding carboxylic acids is 1. The molecule has 0 aliphatic carbocycles. The largest absolute Gasteiger partial charge is 0.325 e. The summed E-state index contributed by atoms with van der Waals surface area (Å²) in [5, 5.41) is 13.2.